The summed E-state index contributed by atoms with van der Waals surface area (Å²) >= 11 is 6.02. The van der Waals surface area contributed by atoms with E-state index in [1.165, 1.54) is 0 Å². The van der Waals surface area contributed by atoms with Crippen molar-refractivity contribution in [2.24, 2.45) is 10.9 Å². The van der Waals surface area contributed by atoms with Gasteiger partial charge in [-0.05, 0) is 36.1 Å². The molecule has 0 spiro atoms. The third-order valence-electron chi connectivity index (χ3n) is 4.89. The fourth-order valence-corrected chi connectivity index (χ4v) is 3.70. The van der Waals surface area contributed by atoms with E-state index in [1.54, 1.807) is 0 Å². The van der Waals surface area contributed by atoms with Gasteiger partial charge in [-0.1, -0.05) is 55.8 Å². The Kier molecular flexibility index (Phi) is 4.75. The summed E-state index contributed by atoms with van der Waals surface area (Å²) in [5.74, 6) is 1.17. The minimum atomic E-state index is -0.347. The van der Waals surface area contributed by atoms with E-state index < -0.39 is 0 Å². The van der Waals surface area contributed by atoms with E-state index in [0.717, 1.165) is 34.3 Å². The van der Waals surface area contributed by atoms with Crippen LogP contribution in [0.2, 0.25) is 5.02 Å². The van der Waals surface area contributed by atoms with Crippen molar-refractivity contribution in [3.8, 4) is 0 Å². The van der Waals surface area contributed by atoms with Crippen molar-refractivity contribution in [1.29, 1.82) is 0 Å². The van der Waals surface area contributed by atoms with E-state index in [-0.39, 0.29) is 11.9 Å². The number of fused-ring (bicyclic) bond motifs is 3. The third kappa shape index (κ3) is 3.50. The molecule has 5 heteroatoms. The molecule has 1 atom stereocenters. The number of hydrogen-bond donors (Lipinski definition) is 1. The maximum Gasteiger partial charge on any atom is 0.250 e. The molecule has 0 saturated heterocycles. The predicted molar refractivity (Wildman–Crippen MR) is 112 cm³/mol. The van der Waals surface area contributed by atoms with Crippen molar-refractivity contribution >= 4 is 40.4 Å². The highest BCUT2D eigenvalue weighted by atomic mass is 35.5. The first-order valence-corrected chi connectivity index (χ1v) is 9.60. The summed E-state index contributed by atoms with van der Waals surface area (Å²) in [7, 11) is 0. The first kappa shape index (κ1) is 17.8. The number of hydrogen-bond acceptors (Lipinski definition) is 2. The number of halogens is 1. The lowest BCUT2D eigenvalue weighted by Crippen LogP contribution is -2.27. The molecule has 1 amide bonds. The number of anilines is 1. The molecule has 1 aliphatic heterocycles. The first-order valence-electron chi connectivity index (χ1n) is 9.22. The lowest BCUT2D eigenvalue weighted by molar-refractivity contribution is -0.117. The van der Waals surface area contributed by atoms with Gasteiger partial charge in [-0.15, -0.1) is 0 Å². The summed E-state index contributed by atoms with van der Waals surface area (Å²) < 4.78 is 2.15. The van der Waals surface area contributed by atoms with Crippen LogP contribution in [0, 0.1) is 5.92 Å². The van der Waals surface area contributed by atoms with Crippen LogP contribution in [0.3, 0.4) is 0 Å². The SMILES string of the molecule is CC(C)CC1N=Cc2c(n(Cc3ccc(Cl)cc3)c3ccccc23)NC1=O. The van der Waals surface area contributed by atoms with E-state index in [2.05, 4.69) is 40.9 Å². The second kappa shape index (κ2) is 7.20. The van der Waals surface area contributed by atoms with Crippen LogP contribution in [0.1, 0.15) is 31.4 Å². The van der Waals surface area contributed by atoms with Gasteiger partial charge in [0.2, 0.25) is 5.91 Å². The first-order chi connectivity index (χ1) is 13.0. The van der Waals surface area contributed by atoms with Gasteiger partial charge < -0.3 is 9.88 Å². The largest absolute Gasteiger partial charge is 0.322 e. The van der Waals surface area contributed by atoms with Crippen molar-refractivity contribution in [1.82, 2.24) is 4.57 Å². The van der Waals surface area contributed by atoms with Crippen molar-refractivity contribution in [2.75, 3.05) is 5.32 Å². The van der Waals surface area contributed by atoms with Crippen LogP contribution in [0.4, 0.5) is 5.82 Å². The smallest absolute Gasteiger partial charge is 0.250 e. The van der Waals surface area contributed by atoms with Gasteiger partial charge in [0, 0.05) is 28.7 Å². The van der Waals surface area contributed by atoms with Crippen molar-refractivity contribution in [3.63, 3.8) is 0 Å². The highest BCUT2D eigenvalue weighted by molar-refractivity contribution is 6.30. The number of amides is 1. The number of aliphatic imine (C=N–C) groups is 1. The number of rotatable bonds is 4. The van der Waals surface area contributed by atoms with Gasteiger partial charge in [-0.25, -0.2) is 0 Å². The van der Waals surface area contributed by atoms with E-state index in [9.17, 15) is 4.79 Å². The summed E-state index contributed by atoms with van der Waals surface area (Å²) in [6.45, 7) is 4.86. The number of carbonyl (C=O) groups is 1. The molecule has 1 N–H and O–H groups in total. The number of carbonyl (C=O) groups excluding carboxylic acids is 1. The summed E-state index contributed by atoms with van der Waals surface area (Å²) in [5.41, 5.74) is 3.17. The van der Waals surface area contributed by atoms with Gasteiger partial charge in [0.15, 0.2) is 0 Å². The average molecular weight is 380 g/mol. The second-order valence-corrected chi connectivity index (χ2v) is 7.84. The van der Waals surface area contributed by atoms with Gasteiger partial charge in [0.25, 0.3) is 0 Å². The Balaban J connectivity index is 1.80. The minimum absolute atomic E-state index is 0.0427. The maximum absolute atomic E-state index is 12.8. The summed E-state index contributed by atoms with van der Waals surface area (Å²) in [4.78, 5) is 17.4. The van der Waals surface area contributed by atoms with Gasteiger partial charge in [0.1, 0.15) is 11.9 Å². The monoisotopic (exact) mass is 379 g/mol. The molecule has 1 unspecified atom stereocenters. The molecule has 1 aliphatic rings. The topological polar surface area (TPSA) is 46.4 Å². The molecule has 4 rings (SSSR count). The Morgan fingerprint density at radius 1 is 1.15 bits per heavy atom. The second-order valence-electron chi connectivity index (χ2n) is 7.40. The fourth-order valence-electron chi connectivity index (χ4n) is 3.58. The number of benzene rings is 2. The van der Waals surface area contributed by atoms with Crippen LogP contribution in [-0.4, -0.2) is 22.7 Å². The molecule has 2 heterocycles. The molecule has 0 saturated carbocycles. The minimum Gasteiger partial charge on any atom is -0.322 e. The van der Waals surface area contributed by atoms with E-state index in [1.807, 2.05) is 42.6 Å². The van der Waals surface area contributed by atoms with E-state index >= 15 is 0 Å². The quantitative estimate of drug-likeness (QED) is 0.671. The van der Waals surface area contributed by atoms with Gasteiger partial charge in [-0.2, -0.15) is 0 Å². The van der Waals surface area contributed by atoms with Crippen LogP contribution in [0.25, 0.3) is 10.9 Å². The highest BCUT2D eigenvalue weighted by Crippen LogP contribution is 2.32. The summed E-state index contributed by atoms with van der Waals surface area (Å²) in [6, 6.07) is 15.6. The van der Waals surface area contributed by atoms with Crippen molar-refractivity contribution in [3.05, 3.63) is 64.7 Å². The van der Waals surface area contributed by atoms with E-state index in [4.69, 9.17) is 11.6 Å². The molecular formula is C22H22ClN3O. The van der Waals surface area contributed by atoms with Gasteiger partial charge in [0.05, 0.1) is 5.52 Å². The molecule has 0 bridgehead atoms. The highest BCUT2D eigenvalue weighted by Gasteiger charge is 2.26. The number of para-hydroxylation sites is 1. The number of aromatic nitrogens is 1. The lowest BCUT2D eigenvalue weighted by Gasteiger charge is -2.15. The zero-order chi connectivity index (χ0) is 19.0. The molecule has 2 aromatic carbocycles. The van der Waals surface area contributed by atoms with Crippen LogP contribution < -0.4 is 5.32 Å². The molecule has 3 aromatic rings. The Hall–Kier alpha value is -2.59. The zero-order valence-electron chi connectivity index (χ0n) is 15.4. The molecule has 0 fully saturated rings. The number of nitrogens with one attached hydrogen (secondary N) is 1. The molecule has 1 aromatic heterocycles. The van der Waals surface area contributed by atoms with Crippen LogP contribution in [0.15, 0.2) is 53.5 Å². The normalized spacial score (nSPS) is 16.4. The molecule has 4 nitrogen and oxygen atoms in total. The van der Waals surface area contributed by atoms with Crippen LogP contribution in [-0.2, 0) is 11.3 Å². The average Bonchev–Trinajstić information content (AvgIpc) is 2.83. The van der Waals surface area contributed by atoms with Gasteiger partial charge >= 0.3 is 0 Å². The summed E-state index contributed by atoms with van der Waals surface area (Å²) in [5, 5.41) is 4.95. The van der Waals surface area contributed by atoms with Crippen molar-refractivity contribution in [2.45, 2.75) is 32.9 Å². The molecule has 0 radical (unpaired) electrons. The van der Waals surface area contributed by atoms with Crippen molar-refractivity contribution < 1.29 is 4.79 Å². The molecule has 138 valence electrons. The standard InChI is InChI=1S/C22H22ClN3O/c1-14(2)11-19-22(27)25-21-18(12-24-19)17-5-3-4-6-20(17)26(21)13-15-7-9-16(23)10-8-15/h3-10,12,14,19H,11,13H2,1-2H3,(H,25,27). The Morgan fingerprint density at radius 3 is 2.63 bits per heavy atom. The predicted octanol–water partition coefficient (Wildman–Crippen LogP) is 5.13. The van der Waals surface area contributed by atoms with Crippen LogP contribution in [0.5, 0.6) is 0 Å². The number of nitrogens with zero attached hydrogens (tertiary/aromatic N) is 2. The molecule has 0 aliphatic carbocycles. The Labute approximate surface area is 163 Å². The third-order valence-corrected chi connectivity index (χ3v) is 5.14. The lowest BCUT2D eigenvalue weighted by atomic mass is 10.0. The zero-order valence-corrected chi connectivity index (χ0v) is 16.2. The maximum atomic E-state index is 12.8. The Bertz CT molecular complexity index is 1020. The van der Waals surface area contributed by atoms with Crippen LogP contribution >= 0.6 is 11.6 Å². The van der Waals surface area contributed by atoms with E-state index in [0.29, 0.717) is 17.5 Å². The van der Waals surface area contributed by atoms with Gasteiger partial charge in [-0.3, -0.25) is 9.79 Å². The fraction of sp³-hybridized carbons (Fsp3) is 0.273. The molecule has 27 heavy (non-hydrogen) atoms. The molecular weight excluding hydrogens is 358 g/mol. The summed E-state index contributed by atoms with van der Waals surface area (Å²) in [6.07, 6.45) is 2.60. The Morgan fingerprint density at radius 2 is 1.89 bits per heavy atom.